The summed E-state index contributed by atoms with van der Waals surface area (Å²) in [6, 6.07) is 14.3. The minimum Gasteiger partial charge on any atom is -0.326 e. The summed E-state index contributed by atoms with van der Waals surface area (Å²) in [5.41, 5.74) is 1.77. The number of nitrogens with zero attached hydrogens (tertiary/aromatic N) is 1. The van der Waals surface area contributed by atoms with E-state index in [4.69, 9.17) is 0 Å². The molecular formula is C19H19FN2OS. The van der Waals surface area contributed by atoms with Crippen molar-refractivity contribution < 1.29 is 9.18 Å². The number of rotatable bonds is 6. The lowest BCUT2D eigenvalue weighted by atomic mass is 10.1. The Labute approximate surface area is 144 Å². The van der Waals surface area contributed by atoms with Gasteiger partial charge in [-0.15, -0.1) is 11.3 Å². The third-order valence-electron chi connectivity index (χ3n) is 3.83. The van der Waals surface area contributed by atoms with Gasteiger partial charge in [-0.3, -0.25) is 4.79 Å². The molecule has 124 valence electrons. The summed E-state index contributed by atoms with van der Waals surface area (Å²) in [5.74, 6) is -0.461. The van der Waals surface area contributed by atoms with Crippen LogP contribution in [0.3, 0.4) is 0 Å². The van der Waals surface area contributed by atoms with Crippen LogP contribution in [0.25, 0.3) is 10.1 Å². The van der Waals surface area contributed by atoms with E-state index in [0.29, 0.717) is 18.7 Å². The van der Waals surface area contributed by atoms with Gasteiger partial charge in [0.25, 0.3) is 0 Å². The highest BCUT2D eigenvalue weighted by Gasteiger charge is 2.09. The third kappa shape index (κ3) is 4.19. The Morgan fingerprint density at radius 2 is 2.04 bits per heavy atom. The first-order valence-electron chi connectivity index (χ1n) is 7.81. The molecule has 0 aliphatic rings. The second-order valence-corrected chi connectivity index (χ2v) is 6.71. The van der Waals surface area contributed by atoms with Gasteiger partial charge in [-0.25, -0.2) is 4.39 Å². The average Bonchev–Trinajstić information content (AvgIpc) is 2.96. The van der Waals surface area contributed by atoms with Crippen molar-refractivity contribution in [2.75, 3.05) is 18.9 Å². The normalized spacial score (nSPS) is 11.1. The molecule has 1 aromatic heterocycles. The largest absolute Gasteiger partial charge is 0.326 e. The molecule has 0 saturated heterocycles. The Morgan fingerprint density at radius 1 is 1.21 bits per heavy atom. The predicted octanol–water partition coefficient (Wildman–Crippen LogP) is 4.50. The molecule has 3 nitrogen and oxygen atoms in total. The molecule has 0 radical (unpaired) electrons. The van der Waals surface area contributed by atoms with Gasteiger partial charge in [0.2, 0.25) is 5.91 Å². The highest BCUT2D eigenvalue weighted by Crippen LogP contribution is 2.26. The third-order valence-corrected chi connectivity index (χ3v) is 4.84. The van der Waals surface area contributed by atoms with Gasteiger partial charge in [0, 0.05) is 29.9 Å². The van der Waals surface area contributed by atoms with E-state index in [1.54, 1.807) is 23.5 Å². The van der Waals surface area contributed by atoms with Gasteiger partial charge in [-0.1, -0.05) is 24.3 Å². The van der Waals surface area contributed by atoms with Crippen molar-refractivity contribution in [3.05, 3.63) is 65.3 Å². The number of hydrogen-bond acceptors (Lipinski definition) is 3. The van der Waals surface area contributed by atoms with Gasteiger partial charge >= 0.3 is 0 Å². The minimum absolute atomic E-state index is 0.109. The van der Waals surface area contributed by atoms with Crippen molar-refractivity contribution in [3.8, 4) is 0 Å². The van der Waals surface area contributed by atoms with E-state index in [0.717, 1.165) is 6.54 Å². The number of amides is 1. The highest BCUT2D eigenvalue weighted by atomic mass is 32.1. The number of carbonyl (C=O) groups is 1. The van der Waals surface area contributed by atoms with E-state index in [1.165, 1.54) is 27.8 Å². The lowest BCUT2D eigenvalue weighted by Crippen LogP contribution is -2.24. The average molecular weight is 342 g/mol. The first kappa shape index (κ1) is 16.6. The first-order chi connectivity index (χ1) is 11.6. The number of anilines is 1. The summed E-state index contributed by atoms with van der Waals surface area (Å²) in [5, 5.41) is 6.17. The maximum atomic E-state index is 13.1. The molecule has 3 rings (SSSR count). The summed E-state index contributed by atoms with van der Waals surface area (Å²) < 4.78 is 14.4. The van der Waals surface area contributed by atoms with E-state index < -0.39 is 0 Å². The van der Waals surface area contributed by atoms with Crippen LogP contribution in [0.2, 0.25) is 0 Å². The molecule has 0 atom stereocenters. The SMILES string of the molecule is CN(CCC(=O)Nc1cccc(F)c1)Cc1csc2ccccc12. The molecule has 1 heterocycles. The van der Waals surface area contributed by atoms with Crippen LogP contribution >= 0.6 is 11.3 Å². The fraction of sp³-hybridized carbons (Fsp3) is 0.211. The molecular weight excluding hydrogens is 323 g/mol. The van der Waals surface area contributed by atoms with Gasteiger partial charge in [-0.2, -0.15) is 0 Å². The lowest BCUT2D eigenvalue weighted by molar-refractivity contribution is -0.116. The van der Waals surface area contributed by atoms with Crippen LogP contribution in [0.15, 0.2) is 53.9 Å². The standard InChI is InChI=1S/C19H19FN2OS/c1-22(12-14-13-24-18-8-3-2-7-17(14)18)10-9-19(23)21-16-6-4-5-15(20)11-16/h2-8,11,13H,9-10,12H2,1H3,(H,21,23). The predicted molar refractivity (Wildman–Crippen MR) is 97.8 cm³/mol. The number of carbonyl (C=O) groups excluding carboxylic acids is 1. The Hall–Kier alpha value is -2.24. The topological polar surface area (TPSA) is 32.3 Å². The second kappa shape index (κ2) is 7.55. The van der Waals surface area contributed by atoms with Crippen molar-refractivity contribution in [2.45, 2.75) is 13.0 Å². The maximum absolute atomic E-state index is 13.1. The number of fused-ring (bicyclic) bond motifs is 1. The van der Waals surface area contributed by atoms with Crippen LogP contribution in [0.1, 0.15) is 12.0 Å². The number of benzene rings is 2. The summed E-state index contributed by atoms with van der Waals surface area (Å²) >= 11 is 1.74. The van der Waals surface area contributed by atoms with E-state index in [1.807, 2.05) is 19.2 Å². The van der Waals surface area contributed by atoms with E-state index in [-0.39, 0.29) is 11.7 Å². The van der Waals surface area contributed by atoms with Crippen molar-refractivity contribution in [2.24, 2.45) is 0 Å². The van der Waals surface area contributed by atoms with E-state index in [2.05, 4.69) is 27.7 Å². The monoisotopic (exact) mass is 342 g/mol. The Morgan fingerprint density at radius 3 is 2.88 bits per heavy atom. The molecule has 1 amide bonds. The summed E-state index contributed by atoms with van der Waals surface area (Å²) in [6.45, 7) is 1.45. The second-order valence-electron chi connectivity index (χ2n) is 5.80. The molecule has 0 aliphatic heterocycles. The summed E-state index contributed by atoms with van der Waals surface area (Å²) in [6.07, 6.45) is 0.370. The number of halogens is 1. The molecule has 1 N–H and O–H groups in total. The Bertz CT molecular complexity index is 846. The smallest absolute Gasteiger partial charge is 0.225 e. The first-order valence-corrected chi connectivity index (χ1v) is 8.69. The summed E-state index contributed by atoms with van der Waals surface area (Å²) in [7, 11) is 2.00. The Balaban J connectivity index is 1.52. The maximum Gasteiger partial charge on any atom is 0.225 e. The van der Waals surface area contributed by atoms with Crippen LogP contribution in [0.5, 0.6) is 0 Å². The van der Waals surface area contributed by atoms with Crippen molar-refractivity contribution in [1.29, 1.82) is 0 Å². The molecule has 0 aliphatic carbocycles. The fourth-order valence-corrected chi connectivity index (χ4v) is 3.56. The molecule has 0 unspecified atom stereocenters. The van der Waals surface area contributed by atoms with Gasteiger partial charge in [-0.05, 0) is 47.6 Å². The van der Waals surface area contributed by atoms with Crippen molar-refractivity contribution in [1.82, 2.24) is 4.90 Å². The summed E-state index contributed by atoms with van der Waals surface area (Å²) in [4.78, 5) is 14.1. The molecule has 24 heavy (non-hydrogen) atoms. The zero-order valence-corrected chi connectivity index (χ0v) is 14.3. The van der Waals surface area contributed by atoms with Crippen molar-refractivity contribution in [3.63, 3.8) is 0 Å². The zero-order chi connectivity index (χ0) is 16.9. The number of hydrogen-bond donors (Lipinski definition) is 1. The molecule has 2 aromatic carbocycles. The Kier molecular flexibility index (Phi) is 5.23. The molecule has 0 saturated carbocycles. The molecule has 0 fully saturated rings. The number of nitrogens with one attached hydrogen (secondary N) is 1. The molecule has 0 spiro atoms. The van der Waals surface area contributed by atoms with Crippen LogP contribution in [0, 0.1) is 5.82 Å². The van der Waals surface area contributed by atoms with E-state index >= 15 is 0 Å². The van der Waals surface area contributed by atoms with Crippen LogP contribution in [0.4, 0.5) is 10.1 Å². The number of thiophene rings is 1. The van der Waals surface area contributed by atoms with Gasteiger partial charge < -0.3 is 10.2 Å². The molecule has 0 bridgehead atoms. The molecule has 5 heteroatoms. The van der Waals surface area contributed by atoms with Gasteiger partial charge in [0.1, 0.15) is 5.82 Å². The highest BCUT2D eigenvalue weighted by molar-refractivity contribution is 7.17. The van der Waals surface area contributed by atoms with Crippen LogP contribution in [-0.2, 0) is 11.3 Å². The quantitative estimate of drug-likeness (QED) is 0.715. The fourth-order valence-electron chi connectivity index (χ4n) is 2.61. The van der Waals surface area contributed by atoms with Gasteiger partial charge in [0.15, 0.2) is 0 Å². The lowest BCUT2D eigenvalue weighted by Gasteiger charge is -2.16. The molecule has 3 aromatic rings. The van der Waals surface area contributed by atoms with Crippen LogP contribution in [-0.4, -0.2) is 24.4 Å². The van der Waals surface area contributed by atoms with Gasteiger partial charge in [0.05, 0.1) is 0 Å². The van der Waals surface area contributed by atoms with Crippen LogP contribution < -0.4 is 5.32 Å². The minimum atomic E-state index is -0.353. The van der Waals surface area contributed by atoms with E-state index in [9.17, 15) is 9.18 Å². The van der Waals surface area contributed by atoms with Crippen molar-refractivity contribution >= 4 is 33.0 Å². The zero-order valence-electron chi connectivity index (χ0n) is 13.5.